The molecule has 1 aliphatic heterocycles. The zero-order valence-corrected chi connectivity index (χ0v) is 8.28. The van der Waals surface area contributed by atoms with Gasteiger partial charge in [0, 0.05) is 0 Å². The highest BCUT2D eigenvalue weighted by Gasteiger charge is 2.24. The zero-order chi connectivity index (χ0) is 9.42. The Hall–Kier alpha value is -0.800. The largest absolute Gasteiger partial charge is 0.491 e. The molecule has 0 spiro atoms. The van der Waals surface area contributed by atoms with Gasteiger partial charge in [-0.25, -0.2) is 0 Å². The molecule has 1 aromatic rings. The van der Waals surface area contributed by atoms with Gasteiger partial charge in [-0.05, 0) is 6.07 Å². The van der Waals surface area contributed by atoms with Gasteiger partial charge in [0.25, 0.3) is 0 Å². The van der Waals surface area contributed by atoms with E-state index >= 15 is 0 Å². The first kappa shape index (κ1) is 8.78. The molecule has 0 radical (unpaired) electrons. The van der Waals surface area contributed by atoms with E-state index in [1.807, 2.05) is 0 Å². The number of hydrogen-bond donors (Lipinski definition) is 0. The first-order valence-electron chi connectivity index (χ1n) is 3.55. The fourth-order valence-corrected chi connectivity index (χ4v) is 1.74. The molecule has 1 aliphatic rings. The number of fused-ring (bicyclic) bond motifs is 1. The molecule has 2 rings (SSSR count). The summed E-state index contributed by atoms with van der Waals surface area (Å²) in [6.45, 7) is 0.145. The van der Waals surface area contributed by atoms with Gasteiger partial charge < -0.3 is 14.2 Å². The van der Waals surface area contributed by atoms with Crippen LogP contribution in [-0.2, 0) is 0 Å². The van der Waals surface area contributed by atoms with Crippen molar-refractivity contribution in [3.8, 4) is 17.2 Å². The van der Waals surface area contributed by atoms with Crippen LogP contribution in [0.5, 0.6) is 17.2 Å². The number of benzene rings is 1. The van der Waals surface area contributed by atoms with Crippen molar-refractivity contribution < 1.29 is 14.2 Å². The van der Waals surface area contributed by atoms with Crippen molar-refractivity contribution in [2.45, 2.75) is 0 Å². The average Bonchev–Trinajstić information content (AvgIpc) is 2.53. The fourth-order valence-electron chi connectivity index (χ4n) is 1.17. The molecule has 13 heavy (non-hydrogen) atoms. The molecule has 0 N–H and O–H groups in total. The monoisotopic (exact) mass is 220 g/mol. The van der Waals surface area contributed by atoms with Crippen molar-refractivity contribution in [3.63, 3.8) is 0 Å². The lowest BCUT2D eigenvalue weighted by atomic mass is 10.3. The summed E-state index contributed by atoms with van der Waals surface area (Å²) in [6.07, 6.45) is 0. The summed E-state index contributed by atoms with van der Waals surface area (Å²) in [4.78, 5) is 0. The van der Waals surface area contributed by atoms with Crippen molar-refractivity contribution in [1.29, 1.82) is 0 Å². The lowest BCUT2D eigenvalue weighted by Crippen LogP contribution is -1.94. The van der Waals surface area contributed by atoms with Gasteiger partial charge in [0.15, 0.2) is 11.5 Å². The van der Waals surface area contributed by atoms with Crippen molar-refractivity contribution in [3.05, 3.63) is 16.1 Å². The Morgan fingerprint density at radius 2 is 1.92 bits per heavy atom. The van der Waals surface area contributed by atoms with Gasteiger partial charge in [0.1, 0.15) is 0 Å². The number of methoxy groups -OCH3 is 1. The average molecular weight is 221 g/mol. The predicted octanol–water partition coefficient (Wildman–Crippen LogP) is 2.73. The van der Waals surface area contributed by atoms with Gasteiger partial charge in [-0.3, -0.25) is 0 Å². The third kappa shape index (κ3) is 1.28. The van der Waals surface area contributed by atoms with Gasteiger partial charge in [0.2, 0.25) is 12.5 Å². The third-order valence-electron chi connectivity index (χ3n) is 1.71. The highest BCUT2D eigenvalue weighted by Crippen LogP contribution is 2.49. The van der Waals surface area contributed by atoms with Crippen molar-refractivity contribution in [2.24, 2.45) is 0 Å². The highest BCUT2D eigenvalue weighted by atomic mass is 35.5. The second-order valence-electron chi connectivity index (χ2n) is 2.44. The van der Waals surface area contributed by atoms with Crippen LogP contribution >= 0.6 is 23.2 Å². The molecular weight excluding hydrogens is 215 g/mol. The van der Waals surface area contributed by atoms with Gasteiger partial charge in [-0.1, -0.05) is 23.2 Å². The van der Waals surface area contributed by atoms with E-state index in [0.29, 0.717) is 27.3 Å². The van der Waals surface area contributed by atoms with Crippen LogP contribution in [0.25, 0.3) is 0 Å². The summed E-state index contributed by atoms with van der Waals surface area (Å²) in [5.41, 5.74) is 0. The lowest BCUT2D eigenvalue weighted by molar-refractivity contribution is 0.171. The normalized spacial score (nSPS) is 13.2. The van der Waals surface area contributed by atoms with E-state index in [1.54, 1.807) is 6.07 Å². The maximum absolute atomic E-state index is 5.87. The van der Waals surface area contributed by atoms with Gasteiger partial charge in [-0.15, -0.1) is 0 Å². The van der Waals surface area contributed by atoms with E-state index < -0.39 is 0 Å². The Balaban J connectivity index is 2.65. The lowest BCUT2D eigenvalue weighted by Gasteiger charge is -2.07. The molecule has 0 saturated carbocycles. The maximum Gasteiger partial charge on any atom is 0.231 e. The minimum absolute atomic E-state index is 0.145. The molecular formula is C8H6Cl2O3. The summed E-state index contributed by atoms with van der Waals surface area (Å²) in [5, 5.41) is 0.843. The van der Waals surface area contributed by atoms with Crippen LogP contribution in [0.1, 0.15) is 0 Å². The predicted molar refractivity (Wildman–Crippen MR) is 49.1 cm³/mol. The smallest absolute Gasteiger partial charge is 0.231 e. The van der Waals surface area contributed by atoms with E-state index in [0.717, 1.165) is 0 Å². The molecule has 5 heteroatoms. The molecule has 0 aliphatic carbocycles. The van der Waals surface area contributed by atoms with Gasteiger partial charge >= 0.3 is 0 Å². The van der Waals surface area contributed by atoms with Crippen LogP contribution in [-0.4, -0.2) is 13.9 Å². The Morgan fingerprint density at radius 3 is 2.62 bits per heavy atom. The van der Waals surface area contributed by atoms with Crippen LogP contribution in [0, 0.1) is 0 Å². The first-order valence-corrected chi connectivity index (χ1v) is 4.31. The molecule has 0 saturated heterocycles. The number of hydrogen-bond acceptors (Lipinski definition) is 3. The quantitative estimate of drug-likeness (QED) is 0.729. The number of rotatable bonds is 1. The Bertz CT molecular complexity index is 352. The topological polar surface area (TPSA) is 27.7 Å². The third-order valence-corrected chi connectivity index (χ3v) is 2.27. The second kappa shape index (κ2) is 3.16. The minimum atomic E-state index is 0.145. The number of halogens is 2. The second-order valence-corrected chi connectivity index (χ2v) is 3.25. The Labute approximate surface area is 85.1 Å². The number of ether oxygens (including phenoxy) is 3. The molecule has 0 atom stereocenters. The van der Waals surface area contributed by atoms with Crippen LogP contribution in [0.2, 0.25) is 10.0 Å². The molecule has 0 unspecified atom stereocenters. The standard InChI is InChI=1S/C8H6Cl2O3/c1-11-6-4(9)2-5(10)7-8(6)13-3-12-7/h2H,3H2,1H3. The van der Waals surface area contributed by atoms with Crippen molar-refractivity contribution in [1.82, 2.24) is 0 Å². The van der Waals surface area contributed by atoms with E-state index in [-0.39, 0.29) is 6.79 Å². The molecule has 1 aromatic carbocycles. The van der Waals surface area contributed by atoms with Gasteiger partial charge in [0.05, 0.1) is 17.2 Å². The highest BCUT2D eigenvalue weighted by molar-refractivity contribution is 6.37. The Morgan fingerprint density at radius 1 is 1.23 bits per heavy atom. The summed E-state index contributed by atoms with van der Waals surface area (Å²) in [6, 6.07) is 1.56. The van der Waals surface area contributed by atoms with Crippen LogP contribution in [0.3, 0.4) is 0 Å². The van der Waals surface area contributed by atoms with Crippen molar-refractivity contribution in [2.75, 3.05) is 13.9 Å². The molecule has 1 heterocycles. The zero-order valence-electron chi connectivity index (χ0n) is 6.77. The molecule has 0 fully saturated rings. The van der Waals surface area contributed by atoms with E-state index in [9.17, 15) is 0 Å². The summed E-state index contributed by atoms with van der Waals surface area (Å²) in [5.74, 6) is 1.42. The fraction of sp³-hybridized carbons (Fsp3) is 0.250. The summed E-state index contributed by atoms with van der Waals surface area (Å²) < 4.78 is 15.3. The minimum Gasteiger partial charge on any atom is -0.491 e. The van der Waals surface area contributed by atoms with Crippen LogP contribution in [0.4, 0.5) is 0 Å². The maximum atomic E-state index is 5.87. The molecule has 0 aromatic heterocycles. The molecule has 3 nitrogen and oxygen atoms in total. The molecule has 70 valence electrons. The molecule has 0 amide bonds. The first-order chi connectivity index (χ1) is 6.24. The molecule has 0 bridgehead atoms. The Kier molecular flexibility index (Phi) is 2.14. The summed E-state index contributed by atoms with van der Waals surface area (Å²) in [7, 11) is 1.51. The van der Waals surface area contributed by atoms with E-state index in [2.05, 4.69) is 0 Å². The van der Waals surface area contributed by atoms with Gasteiger partial charge in [-0.2, -0.15) is 0 Å². The van der Waals surface area contributed by atoms with E-state index in [4.69, 9.17) is 37.4 Å². The van der Waals surface area contributed by atoms with E-state index in [1.165, 1.54) is 7.11 Å². The SMILES string of the molecule is COc1c(Cl)cc(Cl)c2c1OCO2. The summed E-state index contributed by atoms with van der Waals surface area (Å²) >= 11 is 11.7. The van der Waals surface area contributed by atoms with Crippen LogP contribution < -0.4 is 14.2 Å². The van der Waals surface area contributed by atoms with Crippen LogP contribution in [0.15, 0.2) is 6.07 Å². The van der Waals surface area contributed by atoms with Crippen molar-refractivity contribution >= 4 is 23.2 Å².